The van der Waals surface area contributed by atoms with Crippen LogP contribution in [0.25, 0.3) is 0 Å². The zero-order chi connectivity index (χ0) is 22.3. The minimum atomic E-state index is -1.58. The zero-order valence-electron chi connectivity index (χ0n) is 18.1. The number of fused-ring (bicyclic) bond motifs is 5. The van der Waals surface area contributed by atoms with Gasteiger partial charge in [-0.3, -0.25) is 9.59 Å². The van der Waals surface area contributed by atoms with Crippen LogP contribution < -0.4 is 0 Å². The van der Waals surface area contributed by atoms with Gasteiger partial charge in [0.15, 0.2) is 5.78 Å². The van der Waals surface area contributed by atoms with Gasteiger partial charge in [0.05, 0.1) is 12.2 Å². The number of hydrogen-bond acceptors (Lipinski definition) is 6. The third kappa shape index (κ3) is 3.26. The lowest BCUT2D eigenvalue weighted by Crippen LogP contribution is -2.62. The summed E-state index contributed by atoms with van der Waals surface area (Å²) in [5.41, 5.74) is -2.40. The highest BCUT2D eigenvalue weighted by Crippen LogP contribution is 2.67. The molecule has 4 rings (SSSR count). The first-order chi connectivity index (χ1) is 14.1. The van der Waals surface area contributed by atoms with Crippen LogP contribution in [-0.4, -0.2) is 45.2 Å². The summed E-state index contributed by atoms with van der Waals surface area (Å²) in [7, 11) is 0. The number of nitrogens with zero attached hydrogens (tertiary/aromatic N) is 1. The molecule has 0 aliphatic heterocycles. The third-order valence-corrected chi connectivity index (χ3v) is 9.17. The highest BCUT2D eigenvalue weighted by molar-refractivity contribution is 5.92. The van der Waals surface area contributed by atoms with Crippen LogP contribution >= 0.6 is 0 Å². The summed E-state index contributed by atoms with van der Waals surface area (Å²) < 4.78 is 0. The van der Waals surface area contributed by atoms with Crippen LogP contribution in [0.1, 0.15) is 65.2 Å². The lowest BCUT2D eigenvalue weighted by Gasteiger charge is -2.60. The molecule has 0 aromatic heterocycles. The molecule has 30 heavy (non-hydrogen) atoms. The van der Waals surface area contributed by atoms with E-state index in [1.165, 1.54) is 6.08 Å². The molecule has 4 aliphatic carbocycles. The largest absolute Gasteiger partial charge is 0.393 e. The van der Waals surface area contributed by atoms with Gasteiger partial charge in [0.2, 0.25) is 0 Å². The number of nitriles is 1. The Balaban J connectivity index is 0.000000589. The van der Waals surface area contributed by atoms with Gasteiger partial charge in [0, 0.05) is 23.8 Å². The number of aliphatic hydroxyl groups is 3. The molecule has 8 atom stereocenters. The normalized spacial score (nSPS) is 46.9. The fraction of sp³-hybridized carbons (Fsp3) is 0.792. The van der Waals surface area contributed by atoms with Crippen molar-refractivity contribution in [3.05, 3.63) is 12.7 Å². The van der Waals surface area contributed by atoms with Crippen LogP contribution in [0, 0.1) is 45.8 Å². The average molecular weight is 418 g/mol. The molecule has 0 aromatic rings. The molecule has 0 spiro atoms. The molecule has 166 valence electrons. The van der Waals surface area contributed by atoms with Crippen LogP contribution in [0.5, 0.6) is 0 Å². The number of rotatable bonds is 2. The van der Waals surface area contributed by atoms with Crippen LogP contribution in [0.2, 0.25) is 0 Å². The second kappa shape index (κ2) is 8.18. The smallest absolute Gasteiger partial charge is 0.190 e. The molecule has 0 heterocycles. The van der Waals surface area contributed by atoms with Crippen molar-refractivity contribution in [2.24, 2.45) is 34.5 Å². The highest BCUT2D eigenvalue weighted by Gasteiger charge is 2.68. The van der Waals surface area contributed by atoms with E-state index >= 15 is 0 Å². The van der Waals surface area contributed by atoms with Gasteiger partial charge >= 0.3 is 0 Å². The Labute approximate surface area is 179 Å². The average Bonchev–Trinajstić information content (AvgIpc) is 2.99. The molecule has 0 aromatic carbocycles. The quantitative estimate of drug-likeness (QED) is 0.594. The van der Waals surface area contributed by atoms with Gasteiger partial charge in [-0.2, -0.15) is 5.26 Å². The number of hydrogen-bond donors (Lipinski definition) is 3. The number of Topliss-reactive ketones (excluding diaryl/α,β-unsaturated/α-hetero) is 2. The van der Waals surface area contributed by atoms with Crippen molar-refractivity contribution in [1.29, 1.82) is 5.26 Å². The molecule has 0 radical (unpaired) electrons. The zero-order valence-corrected chi connectivity index (χ0v) is 18.1. The van der Waals surface area contributed by atoms with Gasteiger partial charge in [-0.25, -0.2) is 0 Å². The van der Waals surface area contributed by atoms with Crippen molar-refractivity contribution < 1.29 is 24.9 Å². The standard InChI is InChI=1S/C21H32O5.C3H3N/c1-19-7-5-13(23)9-12(19)3-4-14-15-6-8-21(26,17(25)11-22)20(15,2)10-16(24)18(14)19;1-2-3-4/h12-15,18,22-23,26H,3-11H2,1-2H3;2H,1H2/t12-,13-,14+,15+,18-,19+,20+,21+;/m1./s1. The fourth-order valence-corrected chi connectivity index (χ4v) is 7.64. The summed E-state index contributed by atoms with van der Waals surface area (Å²) in [6.45, 7) is 6.58. The second-order valence-corrected chi connectivity index (χ2v) is 10.3. The molecule has 0 bridgehead atoms. The van der Waals surface area contributed by atoms with E-state index in [2.05, 4.69) is 13.5 Å². The van der Waals surface area contributed by atoms with Crippen molar-refractivity contribution in [3.63, 3.8) is 0 Å². The molecule has 0 unspecified atom stereocenters. The Morgan fingerprint density at radius 3 is 2.53 bits per heavy atom. The number of allylic oxidation sites excluding steroid dienone is 1. The van der Waals surface area contributed by atoms with Gasteiger partial charge in [0.25, 0.3) is 0 Å². The SMILES string of the molecule is C=CC#N.C[C@]12CC[C@@H](O)C[C@H]1CC[C@@H]1[C@@H]2C(=O)C[C@@]2(C)[C@H]1CC[C@]2(O)C(=O)CO. The van der Waals surface area contributed by atoms with Gasteiger partial charge < -0.3 is 15.3 Å². The van der Waals surface area contributed by atoms with E-state index in [0.717, 1.165) is 38.5 Å². The molecule has 4 aliphatic rings. The highest BCUT2D eigenvalue weighted by atomic mass is 16.3. The Hall–Kier alpha value is -1.55. The van der Waals surface area contributed by atoms with E-state index in [1.54, 1.807) is 6.07 Å². The summed E-state index contributed by atoms with van der Waals surface area (Å²) >= 11 is 0. The Bertz CT molecular complexity index is 759. The van der Waals surface area contributed by atoms with Gasteiger partial charge in [-0.05, 0) is 68.1 Å². The maximum Gasteiger partial charge on any atom is 0.190 e. The van der Waals surface area contributed by atoms with Crippen molar-refractivity contribution >= 4 is 11.6 Å². The maximum absolute atomic E-state index is 13.4. The number of aliphatic hydroxyl groups excluding tert-OH is 2. The first-order valence-corrected chi connectivity index (χ1v) is 11.2. The molecule has 3 N–H and O–H groups in total. The van der Waals surface area contributed by atoms with E-state index in [1.807, 2.05) is 6.92 Å². The van der Waals surface area contributed by atoms with E-state index in [9.17, 15) is 24.9 Å². The van der Waals surface area contributed by atoms with Crippen molar-refractivity contribution in [2.45, 2.75) is 76.9 Å². The monoisotopic (exact) mass is 417 g/mol. The number of carbonyl (C=O) groups is 2. The minimum Gasteiger partial charge on any atom is -0.393 e. The maximum atomic E-state index is 13.4. The van der Waals surface area contributed by atoms with E-state index in [0.29, 0.717) is 12.3 Å². The number of carbonyl (C=O) groups excluding carboxylic acids is 2. The lowest BCUT2D eigenvalue weighted by atomic mass is 9.44. The molecular formula is C24H35NO5. The predicted molar refractivity (Wildman–Crippen MR) is 111 cm³/mol. The molecule has 0 saturated heterocycles. The lowest BCUT2D eigenvalue weighted by molar-refractivity contribution is -0.180. The van der Waals surface area contributed by atoms with Crippen LogP contribution in [-0.2, 0) is 9.59 Å². The second-order valence-electron chi connectivity index (χ2n) is 10.3. The van der Waals surface area contributed by atoms with Gasteiger partial charge in [0.1, 0.15) is 18.0 Å². The molecule has 6 heteroatoms. The summed E-state index contributed by atoms with van der Waals surface area (Å²) in [4.78, 5) is 25.7. The van der Waals surface area contributed by atoms with Crippen molar-refractivity contribution in [2.75, 3.05) is 6.61 Å². The van der Waals surface area contributed by atoms with E-state index in [4.69, 9.17) is 5.26 Å². The Morgan fingerprint density at radius 1 is 1.27 bits per heavy atom. The van der Waals surface area contributed by atoms with Crippen LogP contribution in [0.4, 0.5) is 0 Å². The first kappa shape index (κ1) is 23.1. The minimum absolute atomic E-state index is 0.0154. The van der Waals surface area contributed by atoms with Gasteiger partial charge in [-0.1, -0.05) is 20.4 Å². The Kier molecular flexibility index (Phi) is 6.30. The molecule has 6 nitrogen and oxygen atoms in total. The molecule has 4 fully saturated rings. The summed E-state index contributed by atoms with van der Waals surface area (Å²) in [5, 5.41) is 38.1. The molecule has 0 amide bonds. The Morgan fingerprint density at radius 2 is 1.93 bits per heavy atom. The summed E-state index contributed by atoms with van der Waals surface area (Å²) in [6, 6.07) is 1.69. The van der Waals surface area contributed by atoms with Crippen LogP contribution in [0.15, 0.2) is 12.7 Å². The van der Waals surface area contributed by atoms with E-state index in [-0.39, 0.29) is 41.5 Å². The van der Waals surface area contributed by atoms with Gasteiger partial charge in [-0.15, -0.1) is 0 Å². The topological polar surface area (TPSA) is 119 Å². The fourth-order valence-electron chi connectivity index (χ4n) is 7.64. The predicted octanol–water partition coefficient (Wildman–Crippen LogP) is 2.56. The van der Waals surface area contributed by atoms with Crippen molar-refractivity contribution in [1.82, 2.24) is 0 Å². The summed E-state index contributed by atoms with van der Waals surface area (Å²) in [5.74, 6) is 0.380. The molecular weight excluding hydrogens is 382 g/mol. The first-order valence-electron chi connectivity index (χ1n) is 11.2. The number of ketones is 2. The van der Waals surface area contributed by atoms with Crippen LogP contribution in [0.3, 0.4) is 0 Å². The van der Waals surface area contributed by atoms with Crippen molar-refractivity contribution in [3.8, 4) is 6.07 Å². The summed E-state index contributed by atoms with van der Waals surface area (Å²) in [6.07, 6.45) is 6.65. The molecule has 4 saturated carbocycles. The van der Waals surface area contributed by atoms with E-state index < -0.39 is 23.4 Å². The third-order valence-electron chi connectivity index (χ3n) is 9.17.